The summed E-state index contributed by atoms with van der Waals surface area (Å²) in [6.45, 7) is 2.02. The van der Waals surface area contributed by atoms with Crippen molar-refractivity contribution in [2.75, 3.05) is 0 Å². The van der Waals surface area contributed by atoms with Crippen LogP contribution in [0.2, 0.25) is 0 Å². The van der Waals surface area contributed by atoms with Gasteiger partial charge in [0.1, 0.15) is 6.10 Å². The molecule has 0 aliphatic carbocycles. The van der Waals surface area contributed by atoms with Crippen LogP contribution in [0.4, 0.5) is 0 Å². The average Bonchev–Trinajstić information content (AvgIpc) is 2.82. The largest absolute Gasteiger partial charge is 0.381 e. The molecular formula is C12H14NOS+. The Labute approximate surface area is 93.4 Å². The minimum absolute atomic E-state index is 0.0600. The fourth-order valence-corrected chi connectivity index (χ4v) is 2.35. The van der Waals surface area contributed by atoms with Gasteiger partial charge in [0, 0.05) is 23.9 Å². The molecule has 2 aromatic rings. The lowest BCUT2D eigenvalue weighted by Gasteiger charge is -2.12. The highest BCUT2D eigenvalue weighted by Crippen LogP contribution is 2.25. The summed E-state index contributed by atoms with van der Waals surface area (Å²) in [7, 11) is 0. The molecule has 0 saturated heterocycles. The molecule has 2 aromatic heterocycles. The van der Waals surface area contributed by atoms with E-state index < -0.39 is 6.10 Å². The van der Waals surface area contributed by atoms with E-state index >= 15 is 0 Å². The van der Waals surface area contributed by atoms with Gasteiger partial charge in [-0.25, -0.2) is 0 Å². The van der Waals surface area contributed by atoms with Gasteiger partial charge < -0.3 is 5.11 Å². The molecule has 0 bridgehead atoms. The van der Waals surface area contributed by atoms with Crippen molar-refractivity contribution < 1.29 is 9.67 Å². The zero-order valence-electron chi connectivity index (χ0n) is 8.58. The van der Waals surface area contributed by atoms with Crippen LogP contribution < -0.4 is 4.57 Å². The maximum Gasteiger partial charge on any atom is 0.186 e. The molecule has 2 atom stereocenters. The van der Waals surface area contributed by atoms with Crippen molar-refractivity contribution in [3.05, 3.63) is 53.0 Å². The Hall–Kier alpha value is -1.19. The quantitative estimate of drug-likeness (QED) is 0.789. The molecule has 2 nitrogen and oxygen atoms in total. The van der Waals surface area contributed by atoms with E-state index in [4.69, 9.17) is 0 Å². The molecule has 3 heteroatoms. The maximum atomic E-state index is 10.1. The molecule has 0 aliphatic heterocycles. The number of rotatable bonds is 3. The fraction of sp³-hybridized carbons (Fsp3) is 0.250. The molecule has 0 aliphatic rings. The molecule has 0 amide bonds. The number of aliphatic hydroxyl groups is 1. The maximum absolute atomic E-state index is 10.1. The first kappa shape index (κ1) is 10.3. The Bertz CT molecular complexity index is 399. The van der Waals surface area contributed by atoms with Crippen LogP contribution in [0.15, 0.2) is 48.1 Å². The van der Waals surface area contributed by atoms with Gasteiger partial charge in [0.15, 0.2) is 18.4 Å². The Kier molecular flexibility index (Phi) is 3.14. The molecule has 0 fully saturated rings. The van der Waals surface area contributed by atoms with E-state index in [-0.39, 0.29) is 6.04 Å². The SMILES string of the molecule is CC(C(O)c1cccs1)[n+]1ccccc1. The Morgan fingerprint density at radius 2 is 1.93 bits per heavy atom. The van der Waals surface area contributed by atoms with Gasteiger partial charge in [-0.05, 0) is 11.4 Å². The van der Waals surface area contributed by atoms with E-state index in [0.717, 1.165) is 4.88 Å². The molecule has 0 saturated carbocycles. The molecule has 15 heavy (non-hydrogen) atoms. The number of pyridine rings is 1. The third-order valence-electron chi connectivity index (χ3n) is 2.50. The van der Waals surface area contributed by atoms with E-state index in [2.05, 4.69) is 0 Å². The predicted molar refractivity (Wildman–Crippen MR) is 60.6 cm³/mol. The van der Waals surface area contributed by atoms with E-state index in [1.54, 1.807) is 11.3 Å². The Morgan fingerprint density at radius 3 is 2.53 bits per heavy atom. The van der Waals surface area contributed by atoms with Crippen LogP contribution in [0.1, 0.15) is 23.9 Å². The van der Waals surface area contributed by atoms with E-state index in [1.165, 1.54) is 0 Å². The molecule has 2 rings (SSSR count). The standard InChI is InChI=1S/C12H14NOS/c1-10(13-7-3-2-4-8-13)12(14)11-6-5-9-15-11/h2-10,12,14H,1H3/q+1. The van der Waals surface area contributed by atoms with Crippen molar-refractivity contribution in [2.45, 2.75) is 19.1 Å². The van der Waals surface area contributed by atoms with Crippen LogP contribution in [0.3, 0.4) is 0 Å². The molecule has 0 aromatic carbocycles. The third kappa shape index (κ3) is 2.25. The van der Waals surface area contributed by atoms with Gasteiger partial charge in [-0.15, -0.1) is 11.3 Å². The molecule has 1 N–H and O–H groups in total. The van der Waals surface area contributed by atoms with Crippen molar-refractivity contribution >= 4 is 11.3 Å². The second-order valence-corrected chi connectivity index (χ2v) is 4.50. The topological polar surface area (TPSA) is 24.1 Å². The zero-order chi connectivity index (χ0) is 10.7. The summed E-state index contributed by atoms with van der Waals surface area (Å²) in [5, 5.41) is 12.1. The van der Waals surface area contributed by atoms with Gasteiger partial charge in [-0.3, -0.25) is 0 Å². The third-order valence-corrected chi connectivity index (χ3v) is 3.44. The van der Waals surface area contributed by atoms with E-state index in [0.29, 0.717) is 0 Å². The van der Waals surface area contributed by atoms with Crippen LogP contribution in [0.25, 0.3) is 0 Å². The fourth-order valence-electron chi connectivity index (χ4n) is 1.54. The van der Waals surface area contributed by atoms with E-state index in [9.17, 15) is 5.11 Å². The summed E-state index contributed by atoms with van der Waals surface area (Å²) in [5.41, 5.74) is 0. The number of hydrogen-bond donors (Lipinski definition) is 1. The molecule has 78 valence electrons. The minimum atomic E-state index is -0.433. The van der Waals surface area contributed by atoms with Crippen molar-refractivity contribution in [3.8, 4) is 0 Å². The van der Waals surface area contributed by atoms with Crippen molar-refractivity contribution in [2.24, 2.45) is 0 Å². The highest BCUT2D eigenvalue weighted by Gasteiger charge is 2.24. The number of aromatic nitrogens is 1. The van der Waals surface area contributed by atoms with Crippen molar-refractivity contribution in [1.29, 1.82) is 0 Å². The first-order valence-electron chi connectivity index (χ1n) is 4.96. The highest BCUT2D eigenvalue weighted by atomic mass is 32.1. The van der Waals surface area contributed by atoms with Crippen LogP contribution in [0, 0.1) is 0 Å². The van der Waals surface area contributed by atoms with Crippen LogP contribution in [0.5, 0.6) is 0 Å². The van der Waals surface area contributed by atoms with Crippen molar-refractivity contribution in [1.82, 2.24) is 0 Å². The molecule has 0 radical (unpaired) electrons. The highest BCUT2D eigenvalue weighted by molar-refractivity contribution is 7.10. The summed E-state index contributed by atoms with van der Waals surface area (Å²) in [6, 6.07) is 9.90. The van der Waals surface area contributed by atoms with Crippen LogP contribution >= 0.6 is 11.3 Å². The van der Waals surface area contributed by atoms with Crippen LogP contribution in [-0.4, -0.2) is 5.11 Å². The van der Waals surface area contributed by atoms with Crippen molar-refractivity contribution in [3.63, 3.8) is 0 Å². The Balaban J connectivity index is 2.18. The summed E-state index contributed by atoms with van der Waals surface area (Å²) in [5.74, 6) is 0. The molecule has 2 unspecified atom stereocenters. The second-order valence-electron chi connectivity index (χ2n) is 3.52. The first-order valence-corrected chi connectivity index (χ1v) is 5.84. The normalized spacial score (nSPS) is 14.8. The monoisotopic (exact) mass is 220 g/mol. The van der Waals surface area contributed by atoms with Gasteiger partial charge in [0.05, 0.1) is 0 Å². The van der Waals surface area contributed by atoms with Gasteiger partial charge in [-0.1, -0.05) is 12.1 Å². The molecule has 2 heterocycles. The molecule has 0 spiro atoms. The molecular weight excluding hydrogens is 206 g/mol. The van der Waals surface area contributed by atoms with Crippen LogP contribution in [-0.2, 0) is 0 Å². The summed E-state index contributed by atoms with van der Waals surface area (Å²) in [4.78, 5) is 1.01. The lowest BCUT2D eigenvalue weighted by atomic mass is 10.1. The average molecular weight is 220 g/mol. The first-order chi connectivity index (χ1) is 7.29. The lowest BCUT2D eigenvalue weighted by Crippen LogP contribution is -2.40. The van der Waals surface area contributed by atoms with Gasteiger partial charge >= 0.3 is 0 Å². The number of hydrogen-bond acceptors (Lipinski definition) is 2. The lowest BCUT2D eigenvalue weighted by molar-refractivity contribution is -0.728. The summed E-state index contributed by atoms with van der Waals surface area (Å²) >= 11 is 1.59. The van der Waals surface area contributed by atoms with E-state index in [1.807, 2.05) is 59.6 Å². The number of thiophene rings is 1. The summed E-state index contributed by atoms with van der Waals surface area (Å²) in [6.07, 6.45) is 3.51. The summed E-state index contributed by atoms with van der Waals surface area (Å²) < 4.78 is 2.02. The smallest absolute Gasteiger partial charge is 0.186 e. The van der Waals surface area contributed by atoms with Gasteiger partial charge in [-0.2, -0.15) is 4.57 Å². The minimum Gasteiger partial charge on any atom is -0.381 e. The predicted octanol–water partition coefficient (Wildman–Crippen LogP) is 2.33. The number of aliphatic hydroxyl groups excluding tert-OH is 1. The number of nitrogens with zero attached hydrogens (tertiary/aromatic N) is 1. The second kappa shape index (κ2) is 4.55. The Morgan fingerprint density at radius 1 is 1.20 bits per heavy atom. The van der Waals surface area contributed by atoms with Gasteiger partial charge in [0.2, 0.25) is 0 Å². The zero-order valence-corrected chi connectivity index (χ0v) is 9.39. The van der Waals surface area contributed by atoms with Gasteiger partial charge in [0.25, 0.3) is 0 Å².